The second-order valence-electron chi connectivity index (χ2n) is 5.42. The van der Waals surface area contributed by atoms with Gasteiger partial charge in [-0.3, -0.25) is 9.36 Å². The maximum atomic E-state index is 11.9. The number of aryl methyl sites for hydroxylation is 2. The topological polar surface area (TPSA) is 59.8 Å². The molecule has 0 radical (unpaired) electrons. The number of hydrogen-bond donors (Lipinski definition) is 1. The number of nitrogens with zero attached hydrogens (tertiary/aromatic N) is 3. The molecule has 0 aliphatic carbocycles. The zero-order chi connectivity index (χ0) is 16.1. The molecule has 1 amide bonds. The van der Waals surface area contributed by atoms with Gasteiger partial charge in [0.05, 0.1) is 5.75 Å². The monoisotopic (exact) mass is 318 g/mol. The molecule has 1 aromatic carbocycles. The van der Waals surface area contributed by atoms with Gasteiger partial charge < -0.3 is 5.32 Å². The van der Waals surface area contributed by atoms with Crippen molar-refractivity contribution in [3.63, 3.8) is 0 Å². The lowest BCUT2D eigenvalue weighted by atomic mass is 10.1. The van der Waals surface area contributed by atoms with Crippen molar-refractivity contribution in [3.8, 4) is 5.69 Å². The molecule has 0 fully saturated rings. The van der Waals surface area contributed by atoms with Gasteiger partial charge in [-0.05, 0) is 50.5 Å². The number of hydrogen-bond acceptors (Lipinski definition) is 4. The maximum absolute atomic E-state index is 11.9. The van der Waals surface area contributed by atoms with E-state index in [0.29, 0.717) is 5.75 Å². The molecule has 5 nitrogen and oxygen atoms in total. The molecule has 1 atom stereocenters. The highest BCUT2D eigenvalue weighted by Gasteiger charge is 2.11. The number of carbonyl (C=O) groups is 1. The summed E-state index contributed by atoms with van der Waals surface area (Å²) in [6.07, 6.45) is 2.61. The summed E-state index contributed by atoms with van der Waals surface area (Å²) in [5.41, 5.74) is 3.48. The van der Waals surface area contributed by atoms with E-state index in [9.17, 15) is 4.79 Å². The second-order valence-corrected chi connectivity index (χ2v) is 6.36. The highest BCUT2D eigenvalue weighted by molar-refractivity contribution is 7.99. The first-order valence-corrected chi connectivity index (χ1v) is 8.39. The van der Waals surface area contributed by atoms with Crippen molar-refractivity contribution in [2.45, 2.75) is 45.3 Å². The third-order valence-electron chi connectivity index (χ3n) is 3.64. The van der Waals surface area contributed by atoms with Gasteiger partial charge in [0, 0.05) is 11.7 Å². The summed E-state index contributed by atoms with van der Waals surface area (Å²) < 4.78 is 1.91. The molecule has 2 rings (SSSR count). The van der Waals surface area contributed by atoms with Gasteiger partial charge in [-0.1, -0.05) is 24.8 Å². The molecule has 1 aromatic heterocycles. The van der Waals surface area contributed by atoms with Crippen LogP contribution in [0.25, 0.3) is 5.69 Å². The van der Waals surface area contributed by atoms with E-state index in [2.05, 4.69) is 48.4 Å². The van der Waals surface area contributed by atoms with Gasteiger partial charge in [0.15, 0.2) is 5.16 Å². The third kappa shape index (κ3) is 4.10. The molecule has 2 aromatic rings. The Morgan fingerprint density at radius 2 is 2.14 bits per heavy atom. The van der Waals surface area contributed by atoms with Crippen LogP contribution >= 0.6 is 11.8 Å². The SMILES string of the molecule is CCC(C)NC(=O)CSc1nncn1-c1ccc(C)c(C)c1. The molecular weight excluding hydrogens is 296 g/mol. The van der Waals surface area contributed by atoms with Crippen LogP contribution in [0, 0.1) is 13.8 Å². The average molecular weight is 318 g/mol. The molecule has 0 saturated heterocycles. The summed E-state index contributed by atoms with van der Waals surface area (Å²) in [5, 5.41) is 11.8. The summed E-state index contributed by atoms with van der Waals surface area (Å²) in [6, 6.07) is 6.41. The minimum absolute atomic E-state index is 0.0222. The predicted octanol–water partition coefficient (Wildman–Crippen LogP) is 2.89. The number of thioether (sulfide) groups is 1. The average Bonchev–Trinajstić information content (AvgIpc) is 2.96. The van der Waals surface area contributed by atoms with Gasteiger partial charge >= 0.3 is 0 Å². The lowest BCUT2D eigenvalue weighted by Crippen LogP contribution is -2.33. The lowest BCUT2D eigenvalue weighted by Gasteiger charge is -2.11. The van der Waals surface area contributed by atoms with Crippen LogP contribution in [0.2, 0.25) is 0 Å². The fourth-order valence-electron chi connectivity index (χ4n) is 1.92. The molecule has 1 unspecified atom stereocenters. The van der Waals surface area contributed by atoms with Crippen LogP contribution in [0.3, 0.4) is 0 Å². The Kier molecular flexibility index (Phi) is 5.60. The van der Waals surface area contributed by atoms with Crippen LogP contribution in [0.1, 0.15) is 31.4 Å². The molecule has 1 N–H and O–H groups in total. The van der Waals surface area contributed by atoms with Gasteiger partial charge in [0.1, 0.15) is 6.33 Å². The molecule has 0 aliphatic heterocycles. The molecule has 22 heavy (non-hydrogen) atoms. The molecule has 6 heteroatoms. The fourth-order valence-corrected chi connectivity index (χ4v) is 2.66. The highest BCUT2D eigenvalue weighted by Crippen LogP contribution is 2.21. The van der Waals surface area contributed by atoms with Crippen molar-refractivity contribution in [1.29, 1.82) is 0 Å². The third-order valence-corrected chi connectivity index (χ3v) is 4.58. The number of nitrogens with one attached hydrogen (secondary N) is 1. The fraction of sp³-hybridized carbons (Fsp3) is 0.438. The minimum atomic E-state index is 0.0222. The Labute approximate surface area is 135 Å². The zero-order valence-electron chi connectivity index (χ0n) is 13.5. The normalized spacial score (nSPS) is 12.2. The first-order valence-electron chi connectivity index (χ1n) is 7.41. The Balaban J connectivity index is 2.06. The van der Waals surface area contributed by atoms with Gasteiger partial charge in [-0.2, -0.15) is 0 Å². The molecule has 1 heterocycles. The smallest absolute Gasteiger partial charge is 0.230 e. The van der Waals surface area contributed by atoms with Gasteiger partial charge in [0.25, 0.3) is 0 Å². The standard InChI is InChI=1S/C16H22N4OS/c1-5-13(4)18-15(21)9-22-16-19-17-10-20(16)14-7-6-11(2)12(3)8-14/h6-8,10,13H,5,9H2,1-4H3,(H,18,21). The first-order chi connectivity index (χ1) is 10.5. The van der Waals surface area contributed by atoms with E-state index in [-0.39, 0.29) is 11.9 Å². The summed E-state index contributed by atoms with van der Waals surface area (Å²) >= 11 is 1.40. The van der Waals surface area contributed by atoms with E-state index in [0.717, 1.165) is 17.3 Å². The van der Waals surface area contributed by atoms with E-state index in [1.165, 1.54) is 22.9 Å². The molecule has 0 bridgehead atoms. The van der Waals surface area contributed by atoms with Crippen LogP contribution in [0.15, 0.2) is 29.7 Å². The number of carbonyl (C=O) groups excluding carboxylic acids is 1. The number of amides is 1. The summed E-state index contributed by atoms with van der Waals surface area (Å²) in [6.45, 7) is 8.21. The van der Waals surface area contributed by atoms with Crippen LogP contribution < -0.4 is 5.32 Å². The molecule has 0 aliphatic rings. The van der Waals surface area contributed by atoms with Crippen molar-refractivity contribution in [3.05, 3.63) is 35.7 Å². The Morgan fingerprint density at radius 1 is 1.36 bits per heavy atom. The summed E-state index contributed by atoms with van der Waals surface area (Å²) in [5.74, 6) is 0.363. The van der Waals surface area contributed by atoms with Crippen molar-refractivity contribution in [2.75, 3.05) is 5.75 Å². The van der Waals surface area contributed by atoms with E-state index < -0.39 is 0 Å². The molecule has 0 spiro atoms. The number of aromatic nitrogens is 3. The lowest BCUT2D eigenvalue weighted by molar-refractivity contribution is -0.119. The van der Waals surface area contributed by atoms with E-state index >= 15 is 0 Å². The van der Waals surface area contributed by atoms with Crippen molar-refractivity contribution in [1.82, 2.24) is 20.1 Å². The molecular formula is C16H22N4OS. The van der Waals surface area contributed by atoms with Gasteiger partial charge in [-0.25, -0.2) is 0 Å². The summed E-state index contributed by atoms with van der Waals surface area (Å²) in [7, 11) is 0. The van der Waals surface area contributed by atoms with Crippen LogP contribution in [-0.2, 0) is 4.79 Å². The van der Waals surface area contributed by atoms with E-state index in [1.807, 2.05) is 17.6 Å². The molecule has 0 saturated carbocycles. The zero-order valence-corrected chi connectivity index (χ0v) is 14.3. The Morgan fingerprint density at radius 3 is 2.82 bits per heavy atom. The van der Waals surface area contributed by atoms with E-state index in [4.69, 9.17) is 0 Å². The quantitative estimate of drug-likeness (QED) is 0.832. The largest absolute Gasteiger partial charge is 0.353 e. The summed E-state index contributed by atoms with van der Waals surface area (Å²) in [4.78, 5) is 11.9. The predicted molar refractivity (Wildman–Crippen MR) is 89.5 cm³/mol. The van der Waals surface area contributed by atoms with Crippen LogP contribution in [0.5, 0.6) is 0 Å². The second kappa shape index (κ2) is 7.45. The highest BCUT2D eigenvalue weighted by atomic mass is 32.2. The van der Waals surface area contributed by atoms with Crippen molar-refractivity contribution >= 4 is 17.7 Å². The van der Waals surface area contributed by atoms with Crippen molar-refractivity contribution < 1.29 is 4.79 Å². The van der Waals surface area contributed by atoms with Crippen molar-refractivity contribution in [2.24, 2.45) is 0 Å². The minimum Gasteiger partial charge on any atom is -0.353 e. The molecule has 118 valence electrons. The number of benzene rings is 1. The Bertz CT molecular complexity index is 653. The Hall–Kier alpha value is -1.82. The first kappa shape index (κ1) is 16.5. The van der Waals surface area contributed by atoms with E-state index in [1.54, 1.807) is 6.33 Å². The maximum Gasteiger partial charge on any atom is 0.230 e. The van der Waals surface area contributed by atoms with Gasteiger partial charge in [0.2, 0.25) is 5.91 Å². The van der Waals surface area contributed by atoms with Gasteiger partial charge in [-0.15, -0.1) is 10.2 Å². The number of rotatable bonds is 6. The van der Waals surface area contributed by atoms with Crippen LogP contribution in [-0.4, -0.2) is 32.5 Å². The van der Waals surface area contributed by atoms with Crippen LogP contribution in [0.4, 0.5) is 0 Å².